The molecule has 2 aliphatic rings. The van der Waals surface area contributed by atoms with Gasteiger partial charge in [-0.25, -0.2) is 0 Å². The largest absolute Gasteiger partial charge is 0.417 e. The lowest BCUT2D eigenvalue weighted by atomic mass is 9.84. The van der Waals surface area contributed by atoms with Crippen LogP contribution in [0.3, 0.4) is 0 Å². The van der Waals surface area contributed by atoms with Gasteiger partial charge < -0.3 is 10.4 Å². The fraction of sp³-hybridized carbons (Fsp3) is 0.385. The van der Waals surface area contributed by atoms with Crippen LogP contribution in [0.15, 0.2) is 48.0 Å². The number of benzene rings is 2. The molecule has 10 heteroatoms. The number of alkyl halides is 6. The van der Waals surface area contributed by atoms with E-state index in [9.17, 15) is 41.0 Å². The third kappa shape index (κ3) is 5.48. The van der Waals surface area contributed by atoms with Crippen LogP contribution in [0.2, 0.25) is 0 Å². The Kier molecular flexibility index (Phi) is 7.01. The summed E-state index contributed by atoms with van der Waals surface area (Å²) >= 11 is 0. The Labute approximate surface area is 203 Å². The number of rotatable bonds is 5. The summed E-state index contributed by atoms with van der Waals surface area (Å²) < 4.78 is 81.8. The number of allylic oxidation sites excluding steroid dienone is 2. The Hall–Kier alpha value is -3.14. The summed E-state index contributed by atoms with van der Waals surface area (Å²) in [6.07, 6.45) is -7.43. The molecule has 2 aromatic carbocycles. The predicted molar refractivity (Wildman–Crippen MR) is 120 cm³/mol. The maximum Gasteiger partial charge on any atom is 0.417 e. The van der Waals surface area contributed by atoms with Crippen LogP contribution in [0, 0.1) is 0 Å². The number of carbonyl (C=O) groups is 2. The second kappa shape index (κ2) is 9.72. The van der Waals surface area contributed by atoms with Gasteiger partial charge in [0.1, 0.15) is 0 Å². The molecule has 1 saturated carbocycles. The summed E-state index contributed by atoms with van der Waals surface area (Å²) in [6, 6.07) is 6.43. The van der Waals surface area contributed by atoms with Crippen LogP contribution in [-0.2, 0) is 30.0 Å². The van der Waals surface area contributed by atoms with Crippen molar-refractivity contribution < 1.29 is 41.0 Å². The van der Waals surface area contributed by atoms with Crippen molar-refractivity contribution in [2.24, 2.45) is 0 Å². The number of fused-ring (bicyclic) bond motifs is 1. The minimum absolute atomic E-state index is 0.102. The lowest BCUT2D eigenvalue weighted by Crippen LogP contribution is -2.30. The number of aliphatic hydroxyl groups is 1. The molecule has 0 heterocycles. The van der Waals surface area contributed by atoms with E-state index in [4.69, 9.17) is 0 Å². The quantitative estimate of drug-likeness (QED) is 0.387. The predicted octanol–water partition coefficient (Wildman–Crippen LogP) is 5.92. The van der Waals surface area contributed by atoms with Crippen LogP contribution in [0.4, 0.5) is 32.0 Å². The van der Waals surface area contributed by atoms with Gasteiger partial charge in [0.25, 0.3) is 0 Å². The molecular formula is C26H23F6NO3. The van der Waals surface area contributed by atoms with E-state index in [0.29, 0.717) is 19.3 Å². The Morgan fingerprint density at radius 2 is 1.72 bits per heavy atom. The molecule has 0 aromatic heterocycles. The molecular weight excluding hydrogens is 488 g/mol. The fourth-order valence-electron chi connectivity index (χ4n) is 4.84. The Balaban J connectivity index is 1.58. The Morgan fingerprint density at radius 1 is 1.00 bits per heavy atom. The van der Waals surface area contributed by atoms with Crippen molar-refractivity contribution in [1.29, 1.82) is 0 Å². The first-order valence-electron chi connectivity index (χ1n) is 11.5. The monoisotopic (exact) mass is 511 g/mol. The van der Waals surface area contributed by atoms with Gasteiger partial charge in [0, 0.05) is 23.7 Å². The van der Waals surface area contributed by atoms with Crippen LogP contribution < -0.4 is 5.32 Å². The molecule has 4 nitrogen and oxygen atoms in total. The van der Waals surface area contributed by atoms with Crippen molar-refractivity contribution >= 4 is 17.3 Å². The topological polar surface area (TPSA) is 66.4 Å². The van der Waals surface area contributed by atoms with Gasteiger partial charge in [0.2, 0.25) is 0 Å². The van der Waals surface area contributed by atoms with Crippen LogP contribution >= 0.6 is 0 Å². The van der Waals surface area contributed by atoms with E-state index in [2.05, 4.69) is 5.32 Å². The maximum absolute atomic E-state index is 13.8. The molecule has 4 rings (SSSR count). The van der Waals surface area contributed by atoms with E-state index in [1.165, 1.54) is 18.2 Å². The molecule has 1 fully saturated rings. The van der Waals surface area contributed by atoms with Crippen LogP contribution in [-0.4, -0.2) is 28.8 Å². The van der Waals surface area contributed by atoms with Crippen molar-refractivity contribution in [1.82, 2.24) is 0 Å². The first-order chi connectivity index (χ1) is 16.8. The average molecular weight is 511 g/mol. The molecule has 36 heavy (non-hydrogen) atoms. The SMILES string of the molecule is O=C(Cc1ccc(NC2CCC[C@@H](O)C2)cc1C(F)(F)F)C1=CCc2cccc(C(F)(F)F)c2C1=O. The van der Waals surface area contributed by atoms with Crippen LogP contribution in [0.5, 0.6) is 0 Å². The normalized spacial score (nSPS) is 20.5. The van der Waals surface area contributed by atoms with E-state index < -0.39 is 58.7 Å². The van der Waals surface area contributed by atoms with Gasteiger partial charge in [-0.05, 0) is 61.4 Å². The number of aliphatic hydroxyl groups excluding tert-OH is 1. The number of carbonyl (C=O) groups excluding carboxylic acids is 2. The minimum Gasteiger partial charge on any atom is -0.393 e. The summed E-state index contributed by atoms with van der Waals surface area (Å²) in [5.74, 6) is -2.12. The molecule has 0 amide bonds. The van der Waals surface area contributed by atoms with Crippen LogP contribution in [0.1, 0.15) is 58.3 Å². The molecule has 2 atom stereocenters. The molecule has 1 unspecified atom stereocenters. The zero-order valence-electron chi connectivity index (χ0n) is 19.0. The van der Waals surface area contributed by atoms with E-state index >= 15 is 0 Å². The highest BCUT2D eigenvalue weighted by Gasteiger charge is 2.39. The van der Waals surface area contributed by atoms with Crippen molar-refractivity contribution in [2.45, 2.75) is 63.0 Å². The summed E-state index contributed by atoms with van der Waals surface area (Å²) in [5.41, 5.74) is -3.54. The van der Waals surface area contributed by atoms with E-state index in [-0.39, 0.29) is 29.3 Å². The standard InChI is InChI=1S/C26H23F6NO3/c27-25(28,29)20-6-1-3-14-8-10-19(24(36)23(14)20)22(35)11-15-7-9-17(13-21(15)26(30,31)32)33-16-4-2-5-18(34)12-16/h1,3,6-7,9-10,13,16,18,33-34H,2,4-5,8,11-12H2/t16?,18-/m1/s1. The number of hydrogen-bond acceptors (Lipinski definition) is 4. The molecule has 2 aromatic rings. The zero-order valence-corrected chi connectivity index (χ0v) is 19.0. The molecule has 0 spiro atoms. The number of Topliss-reactive ketones (excluding diaryl/α,β-unsaturated/α-hetero) is 2. The third-order valence-electron chi connectivity index (χ3n) is 6.54. The van der Waals surface area contributed by atoms with Gasteiger partial charge in [-0.1, -0.05) is 24.3 Å². The summed E-state index contributed by atoms with van der Waals surface area (Å²) in [5, 5.41) is 12.8. The van der Waals surface area contributed by atoms with Crippen molar-refractivity contribution in [3.8, 4) is 0 Å². The number of nitrogens with one attached hydrogen (secondary N) is 1. The summed E-state index contributed by atoms with van der Waals surface area (Å²) in [7, 11) is 0. The Bertz CT molecular complexity index is 1220. The molecule has 192 valence electrons. The van der Waals surface area contributed by atoms with Gasteiger partial charge in [-0.15, -0.1) is 0 Å². The second-order valence-corrected chi connectivity index (χ2v) is 9.12. The highest BCUT2D eigenvalue weighted by atomic mass is 19.4. The molecule has 0 saturated heterocycles. The summed E-state index contributed by atoms with van der Waals surface area (Å²) in [4.78, 5) is 25.7. The first kappa shape index (κ1) is 25.9. The number of anilines is 1. The maximum atomic E-state index is 13.8. The van der Waals surface area contributed by atoms with Gasteiger partial charge in [-0.3, -0.25) is 9.59 Å². The highest BCUT2D eigenvalue weighted by molar-refractivity contribution is 6.28. The molecule has 2 aliphatic carbocycles. The first-order valence-corrected chi connectivity index (χ1v) is 11.5. The lowest BCUT2D eigenvalue weighted by molar-refractivity contribution is -0.139. The van der Waals surface area contributed by atoms with E-state index in [1.807, 2.05) is 0 Å². The smallest absolute Gasteiger partial charge is 0.393 e. The fourth-order valence-corrected chi connectivity index (χ4v) is 4.84. The van der Waals surface area contributed by atoms with E-state index in [1.54, 1.807) is 0 Å². The third-order valence-corrected chi connectivity index (χ3v) is 6.54. The van der Waals surface area contributed by atoms with Gasteiger partial charge in [0.15, 0.2) is 11.6 Å². The highest BCUT2D eigenvalue weighted by Crippen LogP contribution is 2.38. The average Bonchev–Trinajstić information content (AvgIpc) is 2.78. The summed E-state index contributed by atoms with van der Waals surface area (Å²) in [6.45, 7) is 0. The van der Waals surface area contributed by atoms with Gasteiger partial charge in [-0.2, -0.15) is 26.3 Å². The van der Waals surface area contributed by atoms with Gasteiger partial charge in [0.05, 0.1) is 22.8 Å². The Morgan fingerprint density at radius 3 is 2.39 bits per heavy atom. The van der Waals surface area contributed by atoms with Crippen molar-refractivity contribution in [3.63, 3.8) is 0 Å². The molecule has 0 bridgehead atoms. The lowest BCUT2D eigenvalue weighted by Gasteiger charge is -2.28. The number of halogens is 6. The van der Waals surface area contributed by atoms with Gasteiger partial charge >= 0.3 is 12.4 Å². The minimum atomic E-state index is -4.83. The number of hydrogen-bond donors (Lipinski definition) is 2. The molecule has 2 N–H and O–H groups in total. The van der Waals surface area contributed by atoms with Crippen molar-refractivity contribution in [3.05, 3.63) is 75.9 Å². The van der Waals surface area contributed by atoms with Crippen LogP contribution in [0.25, 0.3) is 0 Å². The second-order valence-electron chi connectivity index (χ2n) is 9.12. The van der Waals surface area contributed by atoms with Crippen molar-refractivity contribution in [2.75, 3.05) is 5.32 Å². The number of ketones is 2. The zero-order chi connectivity index (χ0) is 26.3. The molecule has 0 aliphatic heterocycles. The van der Waals surface area contributed by atoms with E-state index in [0.717, 1.165) is 30.7 Å². The molecule has 0 radical (unpaired) electrons.